The second-order valence-electron chi connectivity index (χ2n) is 14.2. The molecule has 0 bridgehead atoms. The Kier molecular flexibility index (Phi) is 12.2. The van der Waals surface area contributed by atoms with Crippen molar-refractivity contribution in [2.75, 3.05) is 13.6 Å². The van der Waals surface area contributed by atoms with E-state index in [9.17, 15) is 28.8 Å². The Morgan fingerprint density at radius 1 is 1.02 bits per heavy atom. The van der Waals surface area contributed by atoms with Crippen molar-refractivity contribution in [2.24, 2.45) is 23.2 Å². The van der Waals surface area contributed by atoms with E-state index >= 15 is 0 Å². The van der Waals surface area contributed by atoms with Crippen LogP contribution in [0, 0.1) is 23.2 Å². The number of amides is 5. The minimum atomic E-state index is -1.07. The third-order valence-corrected chi connectivity index (χ3v) is 9.40. The monoisotopic (exact) mass is 663 g/mol. The molecule has 5 atom stereocenters. The third-order valence-electron chi connectivity index (χ3n) is 9.40. The van der Waals surface area contributed by atoms with Crippen LogP contribution in [-0.4, -0.2) is 78.2 Å². The number of carbonyl (C=O) groups excluding carboxylic acids is 6. The molecule has 12 nitrogen and oxygen atoms in total. The Morgan fingerprint density at radius 3 is 2.27 bits per heavy atom. The predicted octanol–water partition coefficient (Wildman–Crippen LogP) is 2.77. The van der Waals surface area contributed by atoms with E-state index in [1.807, 2.05) is 30.3 Å². The number of esters is 1. The van der Waals surface area contributed by atoms with Crippen molar-refractivity contribution in [3.8, 4) is 0 Å². The van der Waals surface area contributed by atoms with Crippen LogP contribution < -0.4 is 21.3 Å². The molecule has 2 saturated carbocycles. The van der Waals surface area contributed by atoms with Crippen LogP contribution in [0.5, 0.6) is 0 Å². The first-order chi connectivity index (χ1) is 22.8. The lowest BCUT2D eigenvalue weighted by Gasteiger charge is -2.37. The topological polar surface area (TPSA) is 163 Å². The summed E-state index contributed by atoms with van der Waals surface area (Å²) in [4.78, 5) is 81.1. The second kappa shape index (κ2) is 16.1. The van der Waals surface area contributed by atoms with Gasteiger partial charge < -0.3 is 30.9 Å². The Labute approximate surface area is 282 Å². The molecule has 1 aromatic rings. The smallest absolute Gasteiger partial charge is 0.329 e. The van der Waals surface area contributed by atoms with Crippen LogP contribution in [0.4, 0.5) is 4.79 Å². The van der Waals surface area contributed by atoms with E-state index in [1.54, 1.807) is 26.8 Å². The molecule has 3 fully saturated rings. The number of nitrogens with zero attached hydrogens (tertiary/aromatic N) is 1. The fourth-order valence-electron chi connectivity index (χ4n) is 6.21. The number of hydrogen-bond donors (Lipinski definition) is 4. The fourth-order valence-corrected chi connectivity index (χ4v) is 6.21. The van der Waals surface area contributed by atoms with Crippen molar-refractivity contribution in [1.29, 1.82) is 0 Å². The number of likely N-dealkylation sites (tertiary alicyclic amines) is 1. The molecule has 0 aromatic heterocycles. The van der Waals surface area contributed by atoms with E-state index in [-0.39, 0.29) is 37.3 Å². The number of likely N-dealkylation sites (N-methyl/N-ethyl adjacent to an activating group) is 1. The van der Waals surface area contributed by atoms with Crippen LogP contribution in [0.2, 0.25) is 0 Å². The summed E-state index contributed by atoms with van der Waals surface area (Å²) in [6.07, 6.45) is 6.60. The predicted molar refractivity (Wildman–Crippen MR) is 178 cm³/mol. The summed E-state index contributed by atoms with van der Waals surface area (Å²) in [5.74, 6) is -3.17. The fraction of sp³-hybridized carbons (Fsp3) is 0.583. The van der Waals surface area contributed by atoms with Gasteiger partial charge in [0, 0.05) is 19.5 Å². The van der Waals surface area contributed by atoms with Gasteiger partial charge in [-0.1, -0.05) is 76.9 Å². The molecule has 1 heterocycles. The van der Waals surface area contributed by atoms with Crippen LogP contribution >= 0.6 is 0 Å². The molecule has 1 aromatic carbocycles. The van der Waals surface area contributed by atoms with Crippen LogP contribution in [-0.2, 0) is 35.3 Å². The highest BCUT2D eigenvalue weighted by Gasteiger charge is 2.46. The van der Waals surface area contributed by atoms with E-state index in [2.05, 4.69) is 33.6 Å². The van der Waals surface area contributed by atoms with E-state index in [0.29, 0.717) is 6.42 Å². The number of carbonyl (C=O) groups is 6. The van der Waals surface area contributed by atoms with Crippen molar-refractivity contribution in [2.45, 2.75) is 96.5 Å². The molecular weight excluding hydrogens is 614 g/mol. The Balaban J connectivity index is 1.48. The van der Waals surface area contributed by atoms with Crippen LogP contribution in [0.15, 0.2) is 48.7 Å². The Bertz CT molecular complexity index is 1410. The molecule has 1 saturated heterocycles. The molecule has 0 radical (unpaired) electrons. The van der Waals surface area contributed by atoms with Crippen molar-refractivity contribution in [3.05, 3.63) is 54.3 Å². The number of urea groups is 1. The van der Waals surface area contributed by atoms with Crippen LogP contribution in [0.3, 0.4) is 0 Å². The zero-order chi connectivity index (χ0) is 35.0. The molecular formula is C36H49N5O7. The van der Waals surface area contributed by atoms with Crippen molar-refractivity contribution in [3.63, 3.8) is 0 Å². The number of ketones is 1. The third kappa shape index (κ3) is 9.56. The summed E-state index contributed by atoms with van der Waals surface area (Å²) in [5, 5.41) is 10.6. The molecule has 4 N–H and O–H groups in total. The first kappa shape index (κ1) is 36.4. The molecule has 12 heteroatoms. The zero-order valence-electron chi connectivity index (χ0n) is 28.4. The first-order valence-electron chi connectivity index (χ1n) is 16.8. The number of nitrogens with one attached hydrogen (secondary N) is 4. The molecule has 3 aliphatic rings. The van der Waals surface area contributed by atoms with Gasteiger partial charge in [0.2, 0.25) is 17.6 Å². The van der Waals surface area contributed by atoms with E-state index in [1.165, 1.54) is 11.9 Å². The number of rotatable bonds is 14. The quantitative estimate of drug-likeness (QED) is 0.135. The normalized spacial score (nSPS) is 21.0. The molecule has 260 valence electrons. The number of Topliss-reactive ketones (excluding diaryl/α,β-unsaturated/α-hetero) is 1. The summed E-state index contributed by atoms with van der Waals surface area (Å²) in [6, 6.07) is 4.64. The maximum absolute atomic E-state index is 14.3. The summed E-state index contributed by atoms with van der Waals surface area (Å²) in [7, 11) is 1.36. The van der Waals surface area contributed by atoms with E-state index in [0.717, 1.165) is 37.7 Å². The number of hydrogen-bond acceptors (Lipinski definition) is 7. The van der Waals surface area contributed by atoms with Gasteiger partial charge in [-0.25, -0.2) is 9.59 Å². The van der Waals surface area contributed by atoms with Gasteiger partial charge in [-0.05, 0) is 54.6 Å². The van der Waals surface area contributed by atoms with Gasteiger partial charge in [0.25, 0.3) is 5.91 Å². The number of ether oxygens (including phenoxy) is 1. The molecule has 2 aliphatic carbocycles. The van der Waals surface area contributed by atoms with Crippen LogP contribution in [0.1, 0.15) is 71.3 Å². The van der Waals surface area contributed by atoms with Gasteiger partial charge in [-0.2, -0.15) is 0 Å². The highest BCUT2D eigenvalue weighted by Crippen LogP contribution is 2.34. The summed E-state index contributed by atoms with van der Waals surface area (Å²) in [5.41, 5.74) is 2.77. The van der Waals surface area contributed by atoms with Crippen molar-refractivity contribution in [1.82, 2.24) is 26.2 Å². The summed E-state index contributed by atoms with van der Waals surface area (Å²) < 4.78 is 5.56. The van der Waals surface area contributed by atoms with Crippen molar-refractivity contribution < 1.29 is 33.5 Å². The van der Waals surface area contributed by atoms with Gasteiger partial charge in [0.05, 0.1) is 6.04 Å². The van der Waals surface area contributed by atoms with E-state index < -0.39 is 65.1 Å². The SMILES string of the molecule is C=C=C[C@@H]1C[C@@H](C(=O)NC(CC2CC2)C(=O)C(=O)NC)N(C(=O)[C@@H](NC(=O)N[C@H](C(=O)OCc2ccccc2)C2CCC2)C(C)(C)C)C1. The standard InChI is InChI=1S/C36H49N5O7/c1-6-11-24-19-27(31(43)38-26(18-22-16-17-22)29(42)32(44)37-5)41(20-24)33(45)30(36(2,3)4)40-35(47)39-28(25-14-10-15-25)34(46)48-21-23-12-8-7-9-13-23/h7-9,11-13,22,24-28,30H,1,10,14-21H2,2-5H3,(H,37,44)(H,38,43)(H2,39,40,47)/t24-,26?,27+,28+,30-/m1/s1. The molecule has 48 heavy (non-hydrogen) atoms. The molecule has 1 unspecified atom stereocenters. The minimum absolute atomic E-state index is 0.0737. The lowest BCUT2D eigenvalue weighted by molar-refractivity contribution is -0.149. The average Bonchev–Trinajstić information content (AvgIpc) is 3.75. The molecule has 1 aliphatic heterocycles. The van der Waals surface area contributed by atoms with Crippen molar-refractivity contribution >= 4 is 35.5 Å². The Morgan fingerprint density at radius 2 is 1.71 bits per heavy atom. The van der Waals surface area contributed by atoms with Gasteiger partial charge in [-0.15, -0.1) is 5.73 Å². The van der Waals surface area contributed by atoms with Crippen LogP contribution in [0.25, 0.3) is 0 Å². The summed E-state index contributed by atoms with van der Waals surface area (Å²) in [6.45, 7) is 9.28. The van der Waals surface area contributed by atoms with Gasteiger partial charge in [-0.3, -0.25) is 19.2 Å². The van der Waals surface area contributed by atoms with E-state index in [4.69, 9.17) is 4.74 Å². The maximum atomic E-state index is 14.3. The molecule has 0 spiro atoms. The summed E-state index contributed by atoms with van der Waals surface area (Å²) >= 11 is 0. The average molecular weight is 664 g/mol. The molecule has 4 rings (SSSR count). The highest BCUT2D eigenvalue weighted by molar-refractivity contribution is 6.38. The lowest BCUT2D eigenvalue weighted by Crippen LogP contribution is -2.61. The highest BCUT2D eigenvalue weighted by atomic mass is 16.5. The second-order valence-corrected chi connectivity index (χ2v) is 14.2. The minimum Gasteiger partial charge on any atom is -0.459 e. The maximum Gasteiger partial charge on any atom is 0.329 e. The lowest BCUT2D eigenvalue weighted by atomic mass is 9.79. The number of benzene rings is 1. The first-order valence-corrected chi connectivity index (χ1v) is 16.8. The largest absolute Gasteiger partial charge is 0.459 e. The van der Waals surface area contributed by atoms with Gasteiger partial charge >= 0.3 is 12.0 Å². The van der Waals surface area contributed by atoms with Gasteiger partial charge in [0.15, 0.2) is 0 Å². The van der Waals surface area contributed by atoms with Gasteiger partial charge in [0.1, 0.15) is 24.7 Å². The molecule has 5 amide bonds. The zero-order valence-corrected chi connectivity index (χ0v) is 28.4. The Hall–Kier alpha value is -4.44.